The Labute approximate surface area is 76.2 Å². The van der Waals surface area contributed by atoms with Crippen molar-refractivity contribution in [2.24, 2.45) is 17.3 Å². The molecule has 0 aromatic carbocycles. The summed E-state index contributed by atoms with van der Waals surface area (Å²) in [5.74, 6) is 1.23. The number of hydrogen-bond acceptors (Lipinski definition) is 1. The van der Waals surface area contributed by atoms with Crippen molar-refractivity contribution in [2.75, 3.05) is 0 Å². The molecule has 1 heteroatoms. The van der Waals surface area contributed by atoms with Crippen LogP contribution in [0.4, 0.5) is 0 Å². The monoisotopic (exact) mass is 170 g/mol. The number of aliphatic hydroxyl groups is 1. The molecule has 0 aromatic rings. The molecule has 0 unspecified atom stereocenters. The molecular weight excluding hydrogens is 148 g/mol. The molecular formula is C11H22O. The van der Waals surface area contributed by atoms with E-state index in [1.165, 1.54) is 12.8 Å². The maximum absolute atomic E-state index is 9.87. The van der Waals surface area contributed by atoms with Gasteiger partial charge in [-0.1, -0.05) is 34.1 Å². The van der Waals surface area contributed by atoms with Crippen LogP contribution in [-0.2, 0) is 0 Å². The van der Waals surface area contributed by atoms with Crippen LogP contribution in [-0.4, -0.2) is 11.2 Å². The first-order chi connectivity index (χ1) is 5.41. The van der Waals surface area contributed by atoms with Gasteiger partial charge in [-0.3, -0.25) is 0 Å². The van der Waals surface area contributed by atoms with Gasteiger partial charge in [-0.15, -0.1) is 0 Å². The molecule has 0 amide bonds. The van der Waals surface area contributed by atoms with Crippen molar-refractivity contribution in [1.82, 2.24) is 0 Å². The zero-order valence-electron chi connectivity index (χ0n) is 8.80. The van der Waals surface area contributed by atoms with Gasteiger partial charge in [0.25, 0.3) is 0 Å². The van der Waals surface area contributed by atoms with Gasteiger partial charge in [-0.05, 0) is 30.1 Å². The van der Waals surface area contributed by atoms with Crippen molar-refractivity contribution in [3.05, 3.63) is 0 Å². The number of hydrogen-bond donors (Lipinski definition) is 1. The average molecular weight is 170 g/mol. The zero-order valence-corrected chi connectivity index (χ0v) is 8.80. The fourth-order valence-corrected chi connectivity index (χ4v) is 2.36. The second-order valence-electron chi connectivity index (χ2n) is 5.46. The first kappa shape index (κ1) is 10.0. The minimum absolute atomic E-state index is 0.0613. The van der Waals surface area contributed by atoms with Crippen LogP contribution >= 0.6 is 0 Å². The predicted molar refractivity (Wildman–Crippen MR) is 52.0 cm³/mol. The molecule has 3 atom stereocenters. The third kappa shape index (κ3) is 2.22. The van der Waals surface area contributed by atoms with E-state index in [2.05, 4.69) is 27.7 Å². The first-order valence-corrected chi connectivity index (χ1v) is 5.09. The summed E-state index contributed by atoms with van der Waals surface area (Å²) >= 11 is 0. The lowest BCUT2D eigenvalue weighted by molar-refractivity contribution is -0.00549. The highest BCUT2D eigenvalue weighted by molar-refractivity contribution is 4.85. The molecule has 0 heterocycles. The smallest absolute Gasteiger partial charge is 0.0575 e. The Morgan fingerprint density at radius 2 is 1.75 bits per heavy atom. The van der Waals surface area contributed by atoms with E-state index in [-0.39, 0.29) is 11.5 Å². The number of rotatable bonds is 0. The van der Waals surface area contributed by atoms with Crippen LogP contribution < -0.4 is 0 Å². The predicted octanol–water partition coefficient (Wildman–Crippen LogP) is 2.83. The molecule has 0 aromatic heterocycles. The highest BCUT2D eigenvalue weighted by Crippen LogP contribution is 2.39. The van der Waals surface area contributed by atoms with E-state index in [1.54, 1.807) is 0 Å². The summed E-state index contributed by atoms with van der Waals surface area (Å²) in [5, 5.41) is 9.87. The Morgan fingerprint density at radius 3 is 2.17 bits per heavy atom. The molecule has 1 aliphatic carbocycles. The van der Waals surface area contributed by atoms with Gasteiger partial charge in [0.15, 0.2) is 0 Å². The summed E-state index contributed by atoms with van der Waals surface area (Å²) in [4.78, 5) is 0. The van der Waals surface area contributed by atoms with E-state index >= 15 is 0 Å². The second kappa shape index (κ2) is 3.37. The van der Waals surface area contributed by atoms with Gasteiger partial charge in [0, 0.05) is 0 Å². The first-order valence-electron chi connectivity index (χ1n) is 5.09. The standard InChI is InChI=1S/C11H22O/c1-8-5-6-9(10(12)7-8)11(2,3)4/h8-10,12H,5-7H2,1-4H3/t8-,9+,10+/m1/s1. The molecule has 0 radical (unpaired) electrons. The van der Waals surface area contributed by atoms with Crippen molar-refractivity contribution in [3.63, 3.8) is 0 Å². The van der Waals surface area contributed by atoms with E-state index < -0.39 is 0 Å². The topological polar surface area (TPSA) is 20.2 Å². The minimum atomic E-state index is -0.0613. The largest absolute Gasteiger partial charge is 0.393 e. The third-order valence-electron chi connectivity index (χ3n) is 3.19. The Hall–Kier alpha value is -0.0400. The maximum Gasteiger partial charge on any atom is 0.0575 e. The summed E-state index contributed by atoms with van der Waals surface area (Å²) in [6.45, 7) is 8.94. The average Bonchev–Trinajstić information content (AvgIpc) is 1.83. The summed E-state index contributed by atoms with van der Waals surface area (Å²) in [6.07, 6.45) is 3.43. The molecule has 0 spiro atoms. The molecule has 1 fully saturated rings. The van der Waals surface area contributed by atoms with Crippen molar-refractivity contribution < 1.29 is 5.11 Å². The summed E-state index contributed by atoms with van der Waals surface area (Å²) in [6, 6.07) is 0. The quantitative estimate of drug-likeness (QED) is 0.592. The lowest BCUT2D eigenvalue weighted by Gasteiger charge is -2.39. The normalized spacial score (nSPS) is 38.2. The SMILES string of the molecule is C[C@@H]1CC[C@H](C(C)(C)C)[C@@H](O)C1. The van der Waals surface area contributed by atoms with Crippen LogP contribution in [0.25, 0.3) is 0 Å². The van der Waals surface area contributed by atoms with Gasteiger partial charge in [-0.2, -0.15) is 0 Å². The second-order valence-corrected chi connectivity index (χ2v) is 5.46. The van der Waals surface area contributed by atoms with Crippen LogP contribution in [0.15, 0.2) is 0 Å². The van der Waals surface area contributed by atoms with Crippen LogP contribution in [0.2, 0.25) is 0 Å². The fourth-order valence-electron chi connectivity index (χ4n) is 2.36. The molecule has 1 saturated carbocycles. The van der Waals surface area contributed by atoms with Gasteiger partial charge in [0.1, 0.15) is 0 Å². The van der Waals surface area contributed by atoms with Gasteiger partial charge in [-0.25, -0.2) is 0 Å². The Balaban J connectivity index is 2.57. The Morgan fingerprint density at radius 1 is 1.17 bits per heavy atom. The minimum Gasteiger partial charge on any atom is -0.393 e. The molecule has 1 N–H and O–H groups in total. The summed E-state index contributed by atoms with van der Waals surface area (Å²) in [7, 11) is 0. The molecule has 0 saturated heterocycles. The van der Waals surface area contributed by atoms with Gasteiger partial charge in [0.05, 0.1) is 6.10 Å². The van der Waals surface area contributed by atoms with E-state index in [9.17, 15) is 5.11 Å². The van der Waals surface area contributed by atoms with Crippen LogP contribution in [0, 0.1) is 17.3 Å². The maximum atomic E-state index is 9.87. The lowest BCUT2D eigenvalue weighted by atomic mass is 9.68. The number of aliphatic hydroxyl groups excluding tert-OH is 1. The summed E-state index contributed by atoms with van der Waals surface area (Å²) < 4.78 is 0. The van der Waals surface area contributed by atoms with Gasteiger partial charge in [0.2, 0.25) is 0 Å². The molecule has 0 aliphatic heterocycles. The van der Waals surface area contributed by atoms with Gasteiger partial charge < -0.3 is 5.11 Å². The van der Waals surface area contributed by atoms with Crippen molar-refractivity contribution in [1.29, 1.82) is 0 Å². The van der Waals surface area contributed by atoms with E-state index in [1.807, 2.05) is 0 Å². The lowest BCUT2D eigenvalue weighted by Crippen LogP contribution is -2.36. The van der Waals surface area contributed by atoms with Crippen LogP contribution in [0.1, 0.15) is 47.0 Å². The van der Waals surface area contributed by atoms with E-state index in [0.717, 1.165) is 12.3 Å². The molecule has 12 heavy (non-hydrogen) atoms. The van der Waals surface area contributed by atoms with Crippen LogP contribution in [0.5, 0.6) is 0 Å². The van der Waals surface area contributed by atoms with E-state index in [0.29, 0.717) is 5.92 Å². The molecule has 1 rings (SSSR count). The molecule has 1 nitrogen and oxygen atoms in total. The fraction of sp³-hybridized carbons (Fsp3) is 1.00. The highest BCUT2D eigenvalue weighted by Gasteiger charge is 2.34. The van der Waals surface area contributed by atoms with Crippen molar-refractivity contribution in [3.8, 4) is 0 Å². The highest BCUT2D eigenvalue weighted by atomic mass is 16.3. The van der Waals surface area contributed by atoms with Crippen LogP contribution in [0.3, 0.4) is 0 Å². The Kier molecular flexibility index (Phi) is 2.82. The molecule has 1 aliphatic rings. The van der Waals surface area contributed by atoms with Crippen molar-refractivity contribution in [2.45, 2.75) is 53.1 Å². The van der Waals surface area contributed by atoms with Crippen molar-refractivity contribution >= 4 is 0 Å². The molecule has 72 valence electrons. The summed E-state index contributed by atoms with van der Waals surface area (Å²) in [5.41, 5.74) is 0.277. The van der Waals surface area contributed by atoms with E-state index in [4.69, 9.17) is 0 Å². The molecule has 0 bridgehead atoms. The zero-order chi connectivity index (χ0) is 9.35. The Bertz CT molecular complexity index is 146. The third-order valence-corrected chi connectivity index (χ3v) is 3.19. The van der Waals surface area contributed by atoms with Gasteiger partial charge >= 0.3 is 0 Å².